The van der Waals surface area contributed by atoms with Gasteiger partial charge in [-0.05, 0) is 31.5 Å². The van der Waals surface area contributed by atoms with Crippen molar-refractivity contribution >= 4 is 11.6 Å². The van der Waals surface area contributed by atoms with Crippen LogP contribution in [0.15, 0.2) is 24.5 Å². The van der Waals surface area contributed by atoms with Gasteiger partial charge in [0.2, 0.25) is 0 Å². The minimum absolute atomic E-state index is 0.203. The van der Waals surface area contributed by atoms with Gasteiger partial charge < -0.3 is 0 Å². The van der Waals surface area contributed by atoms with E-state index in [1.165, 1.54) is 18.5 Å². The van der Waals surface area contributed by atoms with Crippen molar-refractivity contribution in [2.75, 3.05) is 0 Å². The highest BCUT2D eigenvalue weighted by Crippen LogP contribution is 2.26. The fourth-order valence-corrected chi connectivity index (χ4v) is 2.38. The van der Waals surface area contributed by atoms with Crippen LogP contribution in [0.25, 0.3) is 0 Å². The molecular weight excluding hydrogens is 281 g/mol. The molecule has 0 aliphatic carbocycles. The van der Waals surface area contributed by atoms with Crippen molar-refractivity contribution in [3.8, 4) is 0 Å². The van der Waals surface area contributed by atoms with Gasteiger partial charge in [-0.1, -0.05) is 17.7 Å². The second-order valence-electron chi connectivity index (χ2n) is 4.80. The van der Waals surface area contributed by atoms with E-state index in [9.17, 15) is 4.39 Å². The fraction of sp³-hybridized carbons (Fsp3) is 0.385. The van der Waals surface area contributed by atoms with Crippen LogP contribution in [0.4, 0.5) is 4.39 Å². The summed E-state index contributed by atoms with van der Waals surface area (Å²) in [6, 6.07) is 4.20. The molecule has 3 N–H and O–H groups in total. The van der Waals surface area contributed by atoms with E-state index in [2.05, 4.69) is 15.5 Å². The molecule has 7 heteroatoms. The molecular formula is C13H17ClFN5. The van der Waals surface area contributed by atoms with Crippen LogP contribution in [0.3, 0.4) is 0 Å². The summed E-state index contributed by atoms with van der Waals surface area (Å²) >= 11 is 6.07. The van der Waals surface area contributed by atoms with Crippen molar-refractivity contribution in [1.29, 1.82) is 0 Å². The molecule has 2 aromatic rings. The quantitative estimate of drug-likeness (QED) is 0.657. The number of halogens is 2. The second-order valence-corrected chi connectivity index (χ2v) is 5.21. The van der Waals surface area contributed by atoms with Crippen molar-refractivity contribution in [3.05, 3.63) is 46.8 Å². The topological polar surface area (TPSA) is 68.8 Å². The zero-order chi connectivity index (χ0) is 14.7. The highest BCUT2D eigenvalue weighted by Gasteiger charge is 2.18. The second kappa shape index (κ2) is 6.30. The lowest BCUT2D eigenvalue weighted by molar-refractivity contribution is 0.468. The summed E-state index contributed by atoms with van der Waals surface area (Å²) in [6.45, 7) is 4.04. The van der Waals surface area contributed by atoms with Gasteiger partial charge in [0.15, 0.2) is 0 Å². The Balaban J connectivity index is 2.27. The molecule has 0 saturated heterocycles. The summed E-state index contributed by atoms with van der Waals surface area (Å²) in [7, 11) is 0. The van der Waals surface area contributed by atoms with Crippen LogP contribution in [0, 0.1) is 5.82 Å². The average Bonchev–Trinajstić information content (AvgIpc) is 2.85. The van der Waals surface area contributed by atoms with Crippen LogP contribution in [0.5, 0.6) is 0 Å². The van der Waals surface area contributed by atoms with Gasteiger partial charge in [0, 0.05) is 17.5 Å². The molecule has 0 radical (unpaired) electrons. The van der Waals surface area contributed by atoms with Crippen molar-refractivity contribution < 1.29 is 4.39 Å². The van der Waals surface area contributed by atoms with Gasteiger partial charge in [-0.15, -0.1) is 0 Å². The molecule has 0 aliphatic rings. The summed E-state index contributed by atoms with van der Waals surface area (Å²) in [6.07, 6.45) is 2.02. The Bertz CT molecular complexity index is 584. The van der Waals surface area contributed by atoms with Gasteiger partial charge in [-0.3, -0.25) is 11.3 Å². The van der Waals surface area contributed by atoms with Gasteiger partial charge in [-0.2, -0.15) is 5.10 Å². The Hall–Kier alpha value is -1.50. The summed E-state index contributed by atoms with van der Waals surface area (Å²) in [5, 5.41) is 4.51. The minimum atomic E-state index is -0.375. The van der Waals surface area contributed by atoms with E-state index in [0.29, 0.717) is 11.4 Å². The number of nitrogens with zero attached hydrogens (tertiary/aromatic N) is 3. The number of hydrogen-bond acceptors (Lipinski definition) is 4. The predicted octanol–water partition coefficient (Wildman–Crippen LogP) is 2.40. The first-order chi connectivity index (χ1) is 9.52. The molecule has 20 heavy (non-hydrogen) atoms. The van der Waals surface area contributed by atoms with E-state index in [1.54, 1.807) is 6.07 Å². The Labute approximate surface area is 121 Å². The lowest BCUT2D eigenvalue weighted by Gasteiger charge is -2.18. The van der Waals surface area contributed by atoms with E-state index in [4.69, 9.17) is 17.4 Å². The Morgan fingerprint density at radius 3 is 2.80 bits per heavy atom. The van der Waals surface area contributed by atoms with Crippen molar-refractivity contribution in [2.45, 2.75) is 32.4 Å². The standard InChI is InChI=1S/C13H17ClFN5/c1-8(2)20-13(17-7-18-20)6-12(19-16)10-4-3-9(15)5-11(10)14/h3-5,7-8,12,19H,6,16H2,1-2H3. The van der Waals surface area contributed by atoms with Gasteiger partial charge in [0.25, 0.3) is 0 Å². The molecule has 1 aromatic carbocycles. The average molecular weight is 298 g/mol. The van der Waals surface area contributed by atoms with Crippen LogP contribution in [-0.4, -0.2) is 14.8 Å². The molecule has 1 aromatic heterocycles. The lowest BCUT2D eigenvalue weighted by atomic mass is 10.0. The van der Waals surface area contributed by atoms with Crippen molar-refractivity contribution in [1.82, 2.24) is 20.2 Å². The van der Waals surface area contributed by atoms with Crippen LogP contribution in [-0.2, 0) is 6.42 Å². The summed E-state index contributed by atoms with van der Waals surface area (Å²) in [5.41, 5.74) is 3.43. The smallest absolute Gasteiger partial charge is 0.138 e. The molecule has 0 aliphatic heterocycles. The summed E-state index contributed by atoms with van der Waals surface area (Å²) in [5.74, 6) is 6.01. The third-order valence-corrected chi connectivity index (χ3v) is 3.39. The Morgan fingerprint density at radius 2 is 2.20 bits per heavy atom. The largest absolute Gasteiger partial charge is 0.271 e. The highest BCUT2D eigenvalue weighted by molar-refractivity contribution is 6.31. The van der Waals surface area contributed by atoms with Crippen LogP contribution >= 0.6 is 11.6 Å². The Kier molecular flexibility index (Phi) is 4.69. The third-order valence-electron chi connectivity index (χ3n) is 3.06. The Morgan fingerprint density at radius 1 is 1.45 bits per heavy atom. The highest BCUT2D eigenvalue weighted by atomic mass is 35.5. The first kappa shape index (κ1) is 14.9. The number of hydrogen-bond donors (Lipinski definition) is 2. The molecule has 5 nitrogen and oxygen atoms in total. The van der Waals surface area contributed by atoms with Gasteiger partial charge >= 0.3 is 0 Å². The maximum Gasteiger partial charge on any atom is 0.138 e. The number of hydrazine groups is 1. The molecule has 108 valence electrons. The molecule has 1 unspecified atom stereocenters. The summed E-state index contributed by atoms with van der Waals surface area (Å²) < 4.78 is 14.9. The van der Waals surface area contributed by atoms with E-state index < -0.39 is 0 Å². The van der Waals surface area contributed by atoms with E-state index in [0.717, 1.165) is 11.4 Å². The number of aromatic nitrogens is 3. The normalized spacial score (nSPS) is 12.9. The van der Waals surface area contributed by atoms with Crippen molar-refractivity contribution in [3.63, 3.8) is 0 Å². The molecule has 0 saturated carbocycles. The number of nitrogens with two attached hydrogens (primary N) is 1. The first-order valence-electron chi connectivity index (χ1n) is 6.32. The molecule has 0 amide bonds. The lowest BCUT2D eigenvalue weighted by Crippen LogP contribution is -2.31. The van der Waals surface area contributed by atoms with E-state index in [-0.39, 0.29) is 17.9 Å². The predicted molar refractivity (Wildman–Crippen MR) is 75.6 cm³/mol. The van der Waals surface area contributed by atoms with Crippen molar-refractivity contribution in [2.24, 2.45) is 5.84 Å². The first-order valence-corrected chi connectivity index (χ1v) is 6.70. The van der Waals surface area contributed by atoms with Gasteiger partial charge in [-0.25, -0.2) is 14.1 Å². The zero-order valence-corrected chi connectivity index (χ0v) is 12.1. The molecule has 1 atom stereocenters. The van der Waals surface area contributed by atoms with Crippen LogP contribution < -0.4 is 11.3 Å². The molecule has 1 heterocycles. The van der Waals surface area contributed by atoms with Crippen LogP contribution in [0.2, 0.25) is 5.02 Å². The van der Waals surface area contributed by atoms with Crippen LogP contribution in [0.1, 0.15) is 37.3 Å². The number of nitrogens with one attached hydrogen (secondary N) is 1. The monoisotopic (exact) mass is 297 g/mol. The van der Waals surface area contributed by atoms with E-state index in [1.807, 2.05) is 18.5 Å². The van der Waals surface area contributed by atoms with Gasteiger partial charge in [0.1, 0.15) is 18.0 Å². The maximum absolute atomic E-state index is 13.1. The van der Waals surface area contributed by atoms with Gasteiger partial charge in [0.05, 0.1) is 6.04 Å². The molecule has 2 rings (SSSR count). The summed E-state index contributed by atoms with van der Waals surface area (Å²) in [4.78, 5) is 4.24. The minimum Gasteiger partial charge on any atom is -0.271 e. The number of rotatable bonds is 5. The molecule has 0 bridgehead atoms. The van der Waals surface area contributed by atoms with E-state index >= 15 is 0 Å². The zero-order valence-electron chi connectivity index (χ0n) is 11.3. The maximum atomic E-state index is 13.1. The third kappa shape index (κ3) is 3.15. The molecule has 0 fully saturated rings. The molecule has 0 spiro atoms. The fourth-order valence-electron chi connectivity index (χ4n) is 2.08. The SMILES string of the molecule is CC(C)n1ncnc1CC(NN)c1ccc(F)cc1Cl. The number of benzene rings is 1.